The molecule has 1 aliphatic heterocycles. The van der Waals surface area contributed by atoms with Gasteiger partial charge in [-0.2, -0.15) is 0 Å². The van der Waals surface area contributed by atoms with Gasteiger partial charge in [-0.15, -0.1) is 0 Å². The third kappa shape index (κ3) is 3.20. The van der Waals surface area contributed by atoms with E-state index in [1.54, 1.807) is 0 Å². The normalized spacial score (nSPS) is 14.5. The lowest BCUT2D eigenvalue weighted by Crippen LogP contribution is -2.54. The Bertz CT molecular complexity index is 818. The minimum Gasteiger partial charge on any atom is -0.301 e. The van der Waals surface area contributed by atoms with Crippen LogP contribution in [0.25, 0.3) is 0 Å². The Kier molecular flexibility index (Phi) is 4.31. The van der Waals surface area contributed by atoms with Crippen molar-refractivity contribution >= 4 is 34.6 Å². The molecule has 1 aliphatic rings. The molecule has 1 heterocycles. The first-order chi connectivity index (χ1) is 12.4. The summed E-state index contributed by atoms with van der Waals surface area (Å²) in [5, 5.41) is 21.4. The van der Waals surface area contributed by atoms with Crippen LogP contribution in [0.4, 0.5) is 22.7 Å². The molecule has 26 heavy (non-hydrogen) atoms. The van der Waals surface area contributed by atoms with Crippen molar-refractivity contribution in [3.05, 3.63) is 68.8 Å². The summed E-state index contributed by atoms with van der Waals surface area (Å²) in [4.78, 5) is 47.6. The van der Waals surface area contributed by atoms with Crippen LogP contribution in [0.1, 0.15) is 0 Å². The molecule has 2 aromatic rings. The highest BCUT2D eigenvalue weighted by Gasteiger charge is 2.32. The smallest absolute Gasteiger partial charge is 0.269 e. The maximum Gasteiger partial charge on any atom is 0.269 e. The van der Waals surface area contributed by atoms with Crippen molar-refractivity contribution in [3.63, 3.8) is 0 Å². The maximum atomic E-state index is 12.4. The Hall–Kier alpha value is -3.82. The van der Waals surface area contributed by atoms with Crippen molar-refractivity contribution in [2.75, 3.05) is 22.9 Å². The van der Waals surface area contributed by atoms with Crippen LogP contribution < -0.4 is 9.80 Å². The second kappa shape index (κ2) is 6.59. The number of carbonyl (C=O) groups excluding carboxylic acids is 2. The molecule has 1 fully saturated rings. The van der Waals surface area contributed by atoms with E-state index in [2.05, 4.69) is 0 Å². The lowest BCUT2D eigenvalue weighted by atomic mass is 10.2. The number of benzene rings is 2. The molecule has 0 N–H and O–H groups in total. The third-order valence-electron chi connectivity index (χ3n) is 3.93. The Balaban J connectivity index is 1.78. The summed E-state index contributed by atoms with van der Waals surface area (Å²) in [7, 11) is 0. The third-order valence-corrected chi connectivity index (χ3v) is 3.93. The van der Waals surface area contributed by atoms with E-state index < -0.39 is 9.85 Å². The molecule has 0 spiro atoms. The SMILES string of the molecule is O=C1CN(c2ccc([N+](=O)[O-])cc2)C(=O)CN1c1ccc([N+](=O)[O-])cc1. The van der Waals surface area contributed by atoms with Gasteiger partial charge in [-0.1, -0.05) is 0 Å². The predicted octanol–water partition coefficient (Wildman–Crippen LogP) is 1.88. The van der Waals surface area contributed by atoms with E-state index >= 15 is 0 Å². The summed E-state index contributed by atoms with van der Waals surface area (Å²) in [6.07, 6.45) is 0. The fraction of sp³-hybridized carbons (Fsp3) is 0.125. The van der Waals surface area contributed by atoms with Gasteiger partial charge in [0.15, 0.2) is 0 Å². The van der Waals surface area contributed by atoms with Gasteiger partial charge in [0.1, 0.15) is 13.1 Å². The molecular weight excluding hydrogens is 344 g/mol. The van der Waals surface area contributed by atoms with Crippen LogP contribution in [0.15, 0.2) is 48.5 Å². The summed E-state index contributed by atoms with van der Waals surface area (Å²) in [5.41, 5.74) is 0.545. The number of piperazine rings is 1. The number of amides is 2. The summed E-state index contributed by atoms with van der Waals surface area (Å²) >= 11 is 0. The average Bonchev–Trinajstić information content (AvgIpc) is 2.63. The highest BCUT2D eigenvalue weighted by atomic mass is 16.6. The molecule has 0 bridgehead atoms. The van der Waals surface area contributed by atoms with E-state index in [-0.39, 0.29) is 36.3 Å². The largest absolute Gasteiger partial charge is 0.301 e. The fourth-order valence-corrected chi connectivity index (χ4v) is 2.60. The van der Waals surface area contributed by atoms with Gasteiger partial charge in [0.05, 0.1) is 9.85 Å². The van der Waals surface area contributed by atoms with Crippen molar-refractivity contribution in [1.82, 2.24) is 0 Å². The van der Waals surface area contributed by atoms with Crippen molar-refractivity contribution < 1.29 is 19.4 Å². The fourth-order valence-electron chi connectivity index (χ4n) is 2.60. The van der Waals surface area contributed by atoms with Crippen LogP contribution in [0.2, 0.25) is 0 Å². The molecule has 10 nitrogen and oxygen atoms in total. The number of anilines is 2. The Morgan fingerprint density at radius 3 is 1.23 bits per heavy atom. The van der Waals surface area contributed by atoms with Crippen LogP contribution in [0.3, 0.4) is 0 Å². The Morgan fingerprint density at radius 1 is 0.654 bits per heavy atom. The monoisotopic (exact) mass is 356 g/mol. The van der Waals surface area contributed by atoms with E-state index in [1.807, 2.05) is 0 Å². The van der Waals surface area contributed by atoms with Crippen LogP contribution >= 0.6 is 0 Å². The lowest BCUT2D eigenvalue weighted by Gasteiger charge is -2.33. The molecule has 0 unspecified atom stereocenters. The molecule has 10 heteroatoms. The number of nitro groups is 2. The standard InChI is InChI=1S/C16H12N4O6/c21-15-10-18(12-3-7-14(8-4-12)20(25)26)16(22)9-17(15)11-1-5-13(6-2-11)19(23)24/h1-8H,9-10H2. The van der Waals surface area contributed by atoms with Crippen LogP contribution in [0, 0.1) is 20.2 Å². The molecule has 0 aromatic heterocycles. The molecule has 0 aliphatic carbocycles. The first-order valence-corrected chi connectivity index (χ1v) is 7.46. The predicted molar refractivity (Wildman–Crippen MR) is 90.9 cm³/mol. The second-order valence-corrected chi connectivity index (χ2v) is 5.51. The van der Waals surface area contributed by atoms with Crippen molar-refractivity contribution in [3.8, 4) is 0 Å². The van der Waals surface area contributed by atoms with Crippen LogP contribution in [-0.4, -0.2) is 34.8 Å². The van der Waals surface area contributed by atoms with Crippen LogP contribution in [0.5, 0.6) is 0 Å². The van der Waals surface area contributed by atoms with Gasteiger partial charge in [0.25, 0.3) is 11.4 Å². The minimum absolute atomic E-state index is 0.114. The molecule has 0 saturated carbocycles. The van der Waals surface area contributed by atoms with E-state index in [0.717, 1.165) is 0 Å². The van der Waals surface area contributed by atoms with E-state index in [4.69, 9.17) is 0 Å². The molecule has 1 saturated heterocycles. The van der Waals surface area contributed by atoms with Crippen LogP contribution in [-0.2, 0) is 9.59 Å². The van der Waals surface area contributed by atoms with E-state index in [9.17, 15) is 29.8 Å². The molecule has 0 atom stereocenters. The molecular formula is C16H12N4O6. The van der Waals surface area contributed by atoms with Gasteiger partial charge >= 0.3 is 0 Å². The number of non-ortho nitro benzene ring substituents is 2. The van der Waals surface area contributed by atoms with Crippen molar-refractivity contribution in [2.45, 2.75) is 0 Å². The van der Waals surface area contributed by atoms with Gasteiger partial charge < -0.3 is 9.80 Å². The highest BCUT2D eigenvalue weighted by Crippen LogP contribution is 2.25. The Labute approximate surface area is 146 Å². The second-order valence-electron chi connectivity index (χ2n) is 5.51. The number of rotatable bonds is 4. The minimum atomic E-state index is -0.552. The summed E-state index contributed by atoms with van der Waals surface area (Å²) in [5.74, 6) is -0.728. The zero-order chi connectivity index (χ0) is 18.8. The number of hydrogen-bond donors (Lipinski definition) is 0. The molecule has 0 radical (unpaired) electrons. The number of carbonyl (C=O) groups is 2. The van der Waals surface area contributed by atoms with E-state index in [0.29, 0.717) is 11.4 Å². The van der Waals surface area contributed by atoms with Gasteiger partial charge in [0.2, 0.25) is 11.8 Å². The Morgan fingerprint density at radius 2 is 0.962 bits per heavy atom. The average molecular weight is 356 g/mol. The zero-order valence-corrected chi connectivity index (χ0v) is 13.3. The number of hydrogen-bond acceptors (Lipinski definition) is 6. The van der Waals surface area contributed by atoms with Gasteiger partial charge in [0, 0.05) is 35.6 Å². The maximum absolute atomic E-state index is 12.4. The molecule has 2 aromatic carbocycles. The summed E-state index contributed by atoms with van der Waals surface area (Å²) in [6.45, 7) is -0.457. The number of nitrogens with zero attached hydrogens (tertiary/aromatic N) is 4. The first kappa shape index (κ1) is 17.0. The summed E-state index contributed by atoms with van der Waals surface area (Å²) in [6, 6.07) is 10.7. The molecule has 132 valence electrons. The quantitative estimate of drug-likeness (QED) is 0.608. The number of nitro benzene ring substituents is 2. The van der Waals surface area contributed by atoms with Crippen molar-refractivity contribution in [1.29, 1.82) is 0 Å². The topological polar surface area (TPSA) is 127 Å². The highest BCUT2D eigenvalue weighted by molar-refractivity contribution is 6.12. The first-order valence-electron chi connectivity index (χ1n) is 7.46. The molecule has 2 amide bonds. The van der Waals surface area contributed by atoms with Gasteiger partial charge in [-0.05, 0) is 24.3 Å². The van der Waals surface area contributed by atoms with E-state index in [1.165, 1.54) is 58.3 Å². The lowest BCUT2D eigenvalue weighted by molar-refractivity contribution is -0.385. The van der Waals surface area contributed by atoms with Crippen molar-refractivity contribution in [2.24, 2.45) is 0 Å². The zero-order valence-electron chi connectivity index (χ0n) is 13.3. The summed E-state index contributed by atoms with van der Waals surface area (Å²) < 4.78 is 0. The van der Waals surface area contributed by atoms with Gasteiger partial charge in [-0.3, -0.25) is 29.8 Å². The van der Waals surface area contributed by atoms with Gasteiger partial charge in [-0.25, -0.2) is 0 Å². The molecule has 3 rings (SSSR count).